The van der Waals surface area contributed by atoms with Crippen molar-refractivity contribution in [2.24, 2.45) is 0 Å². The van der Waals surface area contributed by atoms with Gasteiger partial charge in [0.25, 0.3) is 0 Å². The van der Waals surface area contributed by atoms with E-state index < -0.39 is 0 Å². The first-order valence-electron chi connectivity index (χ1n) is 0. The zero-order chi connectivity index (χ0) is 0. The number of rotatable bonds is 0. The van der Waals surface area contributed by atoms with Gasteiger partial charge in [0.2, 0.25) is 0 Å². The molecule has 0 spiro atoms. The van der Waals surface area contributed by atoms with Crippen molar-refractivity contribution >= 4 is 0 Å². The average Bonchev–Trinajstić information content (AvgIpc) is 0. The fraction of sp³-hybridized carbons (Fsp3) is 1.00. The minimum atomic E-state index is 0. The molecule has 0 aromatic carbocycles. The van der Waals surface area contributed by atoms with Gasteiger partial charge in [0, 0.05) is 0 Å². The molecule has 9 heavy (non-hydrogen) atoms. The zero-order valence-corrected chi connectivity index (χ0v) is 26.6. The predicted octanol–water partition coefficient (Wildman–Crippen LogP) is -0.0811. The molecule has 0 amide bonds. The maximum atomic E-state index is 0. The molecule has 0 saturated carbocycles. The van der Waals surface area contributed by atoms with Crippen molar-refractivity contribution in [3.63, 3.8) is 0 Å². The van der Waals surface area contributed by atoms with Crippen molar-refractivity contribution in [2.45, 2.75) is 7.43 Å². The molecule has 0 aliphatic rings. The van der Waals surface area contributed by atoms with E-state index in [0.29, 0.717) is 0 Å². The topological polar surface area (TPSA) is 120 Å². The Kier molecular flexibility index (Phi) is 1480. The monoisotopic (exact) mass is 892 g/mol. The van der Waals surface area contributed by atoms with Crippen LogP contribution in [0.5, 0.6) is 0 Å². The molecule has 0 aromatic heterocycles. The van der Waals surface area contributed by atoms with E-state index in [1.165, 1.54) is 0 Å². The van der Waals surface area contributed by atoms with Gasteiger partial charge in [-0.05, 0) is 0 Å². The van der Waals surface area contributed by atoms with E-state index >= 15 is 0 Å². The van der Waals surface area contributed by atoms with Gasteiger partial charge >= 0.3 is 111 Å². The molecule has 0 rings (SSSR count). The van der Waals surface area contributed by atoms with Crippen LogP contribution in [0.4, 0.5) is 0 Å². The van der Waals surface area contributed by atoms with Crippen LogP contribution in [0, 0.1) is 0 Å². The predicted molar refractivity (Wildman–Crippen MR) is 14.5 cm³/mol. The second-order valence-corrected chi connectivity index (χ2v) is 0. The summed E-state index contributed by atoms with van der Waals surface area (Å²) < 4.78 is 0. The Morgan fingerprint density at radius 2 is 0.333 bits per heavy atom. The van der Waals surface area contributed by atoms with Crippen LogP contribution >= 0.6 is 0 Å². The van der Waals surface area contributed by atoms with Crippen molar-refractivity contribution in [1.82, 2.24) is 0 Å². The Hall–Kier alpha value is 3.58. The second kappa shape index (κ2) is 101. The molecule has 0 aliphatic carbocycles. The van der Waals surface area contributed by atoms with E-state index in [1.807, 2.05) is 0 Å². The van der Waals surface area contributed by atoms with Crippen molar-refractivity contribution < 1.29 is 133 Å². The zero-order valence-electron chi connectivity index (χ0n) is 4.62. The van der Waals surface area contributed by atoms with Gasteiger partial charge in [0.1, 0.15) is 0 Å². The van der Waals surface area contributed by atoms with Crippen LogP contribution in [0.2, 0.25) is 0 Å². The second-order valence-electron chi connectivity index (χ2n) is 0. The van der Waals surface area contributed by atoms with E-state index in [-0.39, 0.29) is 140 Å². The minimum Gasteiger partial charge on any atom is -0.870 e. The summed E-state index contributed by atoms with van der Waals surface area (Å²) in [7, 11) is 0. The summed E-state index contributed by atoms with van der Waals surface area (Å²) >= 11 is 0. The van der Waals surface area contributed by atoms with Gasteiger partial charge in [-0.1, -0.05) is 7.43 Å². The molecule has 0 unspecified atom stereocenters. The van der Waals surface area contributed by atoms with Gasteiger partial charge in [-0.15, -0.1) is 0 Å². The molecular weight excluding hydrogens is 878 g/mol. The molecule has 4 N–H and O–H groups in total. The quantitative estimate of drug-likeness (QED) is 0.317. The third kappa shape index (κ3) is 82.9. The Balaban J connectivity index is 0. The first kappa shape index (κ1) is 132. The van der Waals surface area contributed by atoms with E-state index in [1.54, 1.807) is 0 Å². The third-order valence-corrected chi connectivity index (χ3v) is 0. The smallest absolute Gasteiger partial charge is 0.870 e. The van der Waals surface area contributed by atoms with Crippen LogP contribution in [0.1, 0.15) is 7.43 Å². The summed E-state index contributed by atoms with van der Waals surface area (Å²) in [5, 5.41) is 0. The van der Waals surface area contributed by atoms with Gasteiger partial charge in [-0.25, -0.2) is 0 Å². The van der Waals surface area contributed by atoms with Crippen LogP contribution in [0.25, 0.3) is 0 Å². The fourth-order valence-corrected chi connectivity index (χ4v) is 0. The number of hydrogen-bond acceptors (Lipinski definition) is 4. The number of hydrogen-bond donors (Lipinski definition) is 0. The van der Waals surface area contributed by atoms with Crippen LogP contribution in [-0.2, 0) is 111 Å². The van der Waals surface area contributed by atoms with E-state index in [4.69, 9.17) is 0 Å². The summed E-state index contributed by atoms with van der Waals surface area (Å²) in [5.74, 6) is 0. The molecule has 0 fully saturated rings. The van der Waals surface area contributed by atoms with Crippen molar-refractivity contribution in [3.05, 3.63) is 0 Å². The molecule has 0 atom stereocenters. The van der Waals surface area contributed by atoms with Crippen molar-refractivity contribution in [2.75, 3.05) is 0 Å². The Labute approximate surface area is 137 Å². The molecule has 0 aromatic rings. The van der Waals surface area contributed by atoms with E-state index in [2.05, 4.69) is 0 Å². The third-order valence-electron chi connectivity index (χ3n) is 0. The maximum Gasteiger partial charge on any atom is 1.00 e. The van der Waals surface area contributed by atoms with Gasteiger partial charge in [-0.2, -0.15) is 0 Å². The van der Waals surface area contributed by atoms with Gasteiger partial charge in [0.05, 0.1) is 0 Å². The maximum absolute atomic E-state index is 0. The Morgan fingerprint density at radius 3 is 0.333 bits per heavy atom. The van der Waals surface area contributed by atoms with Gasteiger partial charge < -0.3 is 21.9 Å². The van der Waals surface area contributed by atoms with Crippen LogP contribution in [-0.4, -0.2) is 21.9 Å². The van der Waals surface area contributed by atoms with Crippen LogP contribution in [0.15, 0.2) is 0 Å². The van der Waals surface area contributed by atoms with Crippen molar-refractivity contribution in [1.29, 1.82) is 0 Å². The Bertz CT molecular complexity index is 12.5. The Morgan fingerprint density at radius 1 is 0.333 bits per heavy atom. The normalized spacial score (nSPS) is 0. The molecular formula is CH8Hg4O4. The molecule has 44 valence electrons. The van der Waals surface area contributed by atoms with Crippen LogP contribution in [0.3, 0.4) is 0 Å². The standard InChI is InChI=1S/CH4.4Hg.4H2O/h1H4;;;;;4*1H2/q;4*+1;;;;/p-4. The largest absolute Gasteiger partial charge is 1.00 e. The van der Waals surface area contributed by atoms with Gasteiger partial charge in [0.15, 0.2) is 0 Å². The van der Waals surface area contributed by atoms with E-state index in [9.17, 15) is 0 Å². The molecule has 4 nitrogen and oxygen atoms in total. The van der Waals surface area contributed by atoms with Crippen molar-refractivity contribution in [3.8, 4) is 0 Å². The van der Waals surface area contributed by atoms with Gasteiger partial charge in [-0.3, -0.25) is 0 Å². The molecule has 8 heteroatoms. The molecule has 0 aliphatic heterocycles. The molecule has 4 radical (unpaired) electrons. The minimum absolute atomic E-state index is 0. The first-order valence-corrected chi connectivity index (χ1v) is 0. The first-order chi connectivity index (χ1) is 0. The van der Waals surface area contributed by atoms with E-state index in [0.717, 1.165) is 0 Å². The summed E-state index contributed by atoms with van der Waals surface area (Å²) in [6.45, 7) is 0. The summed E-state index contributed by atoms with van der Waals surface area (Å²) in [4.78, 5) is 0. The summed E-state index contributed by atoms with van der Waals surface area (Å²) in [6.07, 6.45) is 0. The summed E-state index contributed by atoms with van der Waals surface area (Å²) in [5.41, 5.74) is 0. The van der Waals surface area contributed by atoms with Crippen LogP contribution < -0.4 is 0 Å². The molecule has 0 saturated heterocycles. The SMILES string of the molecule is C.[Hg+].[Hg+].[Hg+].[Hg+].[OH-].[OH-].[OH-].[OH-]. The fourth-order valence-electron chi connectivity index (χ4n) is 0. The summed E-state index contributed by atoms with van der Waals surface area (Å²) in [6, 6.07) is 0. The molecule has 0 heterocycles. The molecule has 0 bridgehead atoms. The average molecular weight is 886 g/mol.